The van der Waals surface area contributed by atoms with E-state index in [0.717, 1.165) is 0 Å². The molecule has 0 aromatic carbocycles. The molecule has 0 saturated heterocycles. The van der Waals surface area contributed by atoms with Gasteiger partial charge in [-0.15, -0.1) is 0 Å². The first-order valence-electron chi connectivity index (χ1n) is 5.70. The van der Waals surface area contributed by atoms with Gasteiger partial charge in [-0.1, -0.05) is 0 Å². The van der Waals surface area contributed by atoms with Crippen LogP contribution in [-0.2, 0) is 19.4 Å². The third-order valence-corrected chi connectivity index (χ3v) is 4.63. The van der Waals surface area contributed by atoms with Crippen LogP contribution in [0, 0.1) is 24.2 Å². The van der Waals surface area contributed by atoms with E-state index >= 15 is 0 Å². The fourth-order valence-electron chi connectivity index (χ4n) is 0.752. The van der Waals surface area contributed by atoms with Crippen molar-refractivity contribution in [3.63, 3.8) is 0 Å². The molecular weight excluding hydrogens is 352 g/mol. The maximum absolute atomic E-state index is 3.99. The molecule has 1 unspecified atom stereocenters. The molecule has 0 aliphatic carbocycles. The molecule has 0 spiro atoms. The van der Waals surface area contributed by atoms with Crippen molar-refractivity contribution < 1.29 is 19.4 Å². The molecule has 0 saturated carbocycles. The van der Waals surface area contributed by atoms with Gasteiger partial charge in [0.15, 0.2) is 0 Å². The Labute approximate surface area is 109 Å². The van der Waals surface area contributed by atoms with E-state index < -0.39 is 0 Å². The summed E-state index contributed by atoms with van der Waals surface area (Å²) >= 11 is 1.65. The van der Waals surface area contributed by atoms with Gasteiger partial charge in [0.1, 0.15) is 0 Å². The Morgan fingerprint density at radius 3 is 1.80 bits per heavy atom. The molecule has 0 rings (SSSR count). The first-order valence-corrected chi connectivity index (χ1v) is 7.17. The Kier molecular flexibility index (Phi) is 10.4. The monoisotopic (exact) mass is 380 g/mol. The first kappa shape index (κ1) is 17.9. The zero-order valence-corrected chi connectivity index (χ0v) is 14.5. The van der Waals surface area contributed by atoms with Gasteiger partial charge in [0.2, 0.25) is 0 Å². The molecule has 92 valence electrons. The van der Waals surface area contributed by atoms with Crippen molar-refractivity contribution in [2.45, 2.75) is 61.3 Å². The van der Waals surface area contributed by atoms with Gasteiger partial charge in [-0.3, -0.25) is 0 Å². The van der Waals surface area contributed by atoms with Crippen molar-refractivity contribution in [1.29, 1.82) is 0 Å². The average Bonchev–Trinajstić information content (AvgIpc) is 1.96. The Morgan fingerprint density at radius 2 is 1.60 bits per heavy atom. The topological polar surface area (TPSA) is 0 Å². The van der Waals surface area contributed by atoms with Gasteiger partial charge in [0.25, 0.3) is 0 Å². The predicted octanol–water partition coefficient (Wildman–Crippen LogP) is 4.62. The summed E-state index contributed by atoms with van der Waals surface area (Å²) in [6.45, 7) is 19.3. The number of hydrogen-bond acceptors (Lipinski definition) is 0. The van der Waals surface area contributed by atoms with E-state index in [2.05, 4.69) is 55.4 Å². The standard InChI is InChI=1S/C10H19.C4H9.W/c1-9(2)7-6-8-10(3,4)5;1-4(2)3;/h9H,1,6-7H2,2-5H3;1-3H3;/q2*-1;. The summed E-state index contributed by atoms with van der Waals surface area (Å²) in [5, 5.41) is 0. The SMILES string of the molecule is C[C-](C)C.[CH2-]C(C)CC[C](=[W])C(C)(C)C. The van der Waals surface area contributed by atoms with E-state index in [9.17, 15) is 0 Å². The first-order chi connectivity index (χ1) is 6.57. The van der Waals surface area contributed by atoms with E-state index in [1.807, 2.05) is 0 Å². The van der Waals surface area contributed by atoms with E-state index in [4.69, 9.17) is 0 Å². The molecule has 0 aromatic heterocycles. The summed E-state index contributed by atoms with van der Waals surface area (Å²) in [5.74, 6) is 2.02. The van der Waals surface area contributed by atoms with Crippen molar-refractivity contribution >= 4 is 3.90 Å². The molecule has 0 nitrogen and oxygen atoms in total. The summed E-state index contributed by atoms with van der Waals surface area (Å²) in [6.07, 6.45) is 2.51. The molecule has 0 radical (unpaired) electrons. The molecular formula is C14H28W-2. The van der Waals surface area contributed by atoms with Gasteiger partial charge in [0.05, 0.1) is 0 Å². The van der Waals surface area contributed by atoms with Crippen LogP contribution in [-0.4, -0.2) is 3.90 Å². The quantitative estimate of drug-likeness (QED) is 0.627. The van der Waals surface area contributed by atoms with Crippen molar-refractivity contribution in [2.75, 3.05) is 0 Å². The van der Waals surface area contributed by atoms with Crippen LogP contribution in [0.4, 0.5) is 0 Å². The van der Waals surface area contributed by atoms with Gasteiger partial charge in [-0.2, -0.15) is 20.8 Å². The zero-order valence-electron chi connectivity index (χ0n) is 11.6. The predicted molar refractivity (Wildman–Crippen MR) is 68.5 cm³/mol. The summed E-state index contributed by atoms with van der Waals surface area (Å²) in [5.41, 5.74) is 0.421. The average molecular weight is 380 g/mol. The van der Waals surface area contributed by atoms with Crippen LogP contribution in [0.1, 0.15) is 61.3 Å². The molecule has 0 aromatic rings. The fraction of sp³-hybridized carbons (Fsp3) is 0.786. The minimum atomic E-state index is 0.421. The second-order valence-electron chi connectivity index (χ2n) is 5.82. The maximum atomic E-state index is 3.99. The number of rotatable bonds is 3. The normalized spacial score (nSPS) is 13.1. The van der Waals surface area contributed by atoms with Gasteiger partial charge in [-0.25, -0.2) is 0 Å². The molecule has 0 N–H and O–H groups in total. The third kappa shape index (κ3) is 17.2. The van der Waals surface area contributed by atoms with Crippen LogP contribution in [0.25, 0.3) is 0 Å². The Hall–Kier alpha value is 0.558. The Balaban J connectivity index is 0. The van der Waals surface area contributed by atoms with Crippen LogP contribution in [0.3, 0.4) is 0 Å². The van der Waals surface area contributed by atoms with Crippen LogP contribution in [0.15, 0.2) is 0 Å². The van der Waals surface area contributed by atoms with Crippen LogP contribution in [0.2, 0.25) is 0 Å². The third-order valence-electron chi connectivity index (χ3n) is 1.70. The van der Waals surface area contributed by atoms with Crippen molar-refractivity contribution in [2.24, 2.45) is 11.3 Å². The molecule has 0 heterocycles. The van der Waals surface area contributed by atoms with Gasteiger partial charge in [0, 0.05) is 0 Å². The van der Waals surface area contributed by atoms with Crippen LogP contribution >= 0.6 is 0 Å². The van der Waals surface area contributed by atoms with E-state index in [1.54, 1.807) is 23.3 Å². The van der Waals surface area contributed by atoms with Crippen molar-refractivity contribution in [1.82, 2.24) is 0 Å². The Bertz CT molecular complexity index is 158. The molecule has 1 heteroatoms. The van der Waals surface area contributed by atoms with E-state index in [1.165, 1.54) is 18.8 Å². The van der Waals surface area contributed by atoms with Gasteiger partial charge in [-0.05, 0) is 0 Å². The molecule has 1 atom stereocenters. The molecule has 0 fully saturated rings. The summed E-state index contributed by atoms with van der Waals surface area (Å²) in [6, 6.07) is 0. The van der Waals surface area contributed by atoms with Gasteiger partial charge >= 0.3 is 82.0 Å². The molecule has 15 heavy (non-hydrogen) atoms. The summed E-state index contributed by atoms with van der Waals surface area (Å²) < 4.78 is 1.67. The van der Waals surface area contributed by atoms with Crippen molar-refractivity contribution in [3.05, 3.63) is 12.8 Å². The summed E-state index contributed by atoms with van der Waals surface area (Å²) in [4.78, 5) is 0. The van der Waals surface area contributed by atoms with Crippen LogP contribution in [0.5, 0.6) is 0 Å². The molecule has 0 aliphatic heterocycles. The van der Waals surface area contributed by atoms with Gasteiger partial charge < -0.3 is 5.92 Å². The van der Waals surface area contributed by atoms with Crippen LogP contribution < -0.4 is 0 Å². The van der Waals surface area contributed by atoms with E-state index in [-0.39, 0.29) is 0 Å². The van der Waals surface area contributed by atoms with Crippen molar-refractivity contribution in [3.8, 4) is 0 Å². The zero-order chi connectivity index (χ0) is 12.6. The summed E-state index contributed by atoms with van der Waals surface area (Å²) in [7, 11) is 0. The molecule has 0 bridgehead atoms. The molecule has 0 amide bonds. The second-order valence-corrected chi connectivity index (χ2v) is 7.59. The van der Waals surface area contributed by atoms with E-state index in [0.29, 0.717) is 11.3 Å². The number of hydrogen-bond donors (Lipinski definition) is 0. The fourth-order valence-corrected chi connectivity index (χ4v) is 1.18. The minimum absolute atomic E-state index is 0.421. The Morgan fingerprint density at radius 1 is 1.27 bits per heavy atom. The molecule has 0 aliphatic rings. The second kappa shape index (κ2) is 8.68.